The summed E-state index contributed by atoms with van der Waals surface area (Å²) in [5.41, 5.74) is 0.285. The zero-order valence-electron chi connectivity index (χ0n) is 14.6. The van der Waals surface area contributed by atoms with Crippen LogP contribution in [-0.2, 0) is 4.74 Å². The van der Waals surface area contributed by atoms with Crippen LogP contribution in [0.15, 0.2) is 28.7 Å². The van der Waals surface area contributed by atoms with Gasteiger partial charge in [-0.05, 0) is 63.4 Å². The highest BCUT2D eigenvalue weighted by atomic mass is 79.9. The number of tetrazole rings is 1. The molecule has 25 heavy (non-hydrogen) atoms. The highest BCUT2D eigenvalue weighted by Gasteiger charge is 2.34. The number of carbonyl (C=O) groups excluding carboxylic acids is 1. The Morgan fingerprint density at radius 3 is 2.84 bits per heavy atom. The first-order chi connectivity index (χ1) is 11.8. The molecule has 1 fully saturated rings. The van der Waals surface area contributed by atoms with Crippen LogP contribution < -0.4 is 0 Å². The third-order valence-electron chi connectivity index (χ3n) is 3.90. The minimum Gasteiger partial charge on any atom is -0.444 e. The van der Waals surface area contributed by atoms with Crippen LogP contribution in [0.1, 0.15) is 51.9 Å². The Bertz CT molecular complexity index is 755. The molecule has 3 rings (SSSR count). The van der Waals surface area contributed by atoms with Crippen LogP contribution in [0.2, 0.25) is 0 Å². The molecule has 1 aromatic heterocycles. The summed E-state index contributed by atoms with van der Waals surface area (Å²) in [5.74, 6) is 0.547. The topological polar surface area (TPSA) is 73.1 Å². The summed E-state index contributed by atoms with van der Waals surface area (Å²) in [5, 5.41) is 12.8. The molecule has 0 bridgehead atoms. The van der Waals surface area contributed by atoms with E-state index in [4.69, 9.17) is 4.74 Å². The number of ether oxygens (including phenoxy) is 1. The average molecular weight is 408 g/mol. The van der Waals surface area contributed by atoms with E-state index in [-0.39, 0.29) is 12.1 Å². The van der Waals surface area contributed by atoms with Gasteiger partial charge >= 0.3 is 6.09 Å². The monoisotopic (exact) mass is 407 g/mol. The summed E-state index contributed by atoms with van der Waals surface area (Å²) in [6.07, 6.45) is 2.46. The number of aromatic nitrogens is 4. The van der Waals surface area contributed by atoms with Crippen molar-refractivity contribution in [1.29, 1.82) is 0 Å². The Morgan fingerprint density at radius 1 is 1.32 bits per heavy atom. The molecule has 0 radical (unpaired) electrons. The molecule has 1 aromatic carbocycles. The number of carbonyl (C=O) groups is 1. The van der Waals surface area contributed by atoms with Gasteiger partial charge in [0.15, 0.2) is 5.82 Å². The molecule has 134 valence electrons. The van der Waals surface area contributed by atoms with Gasteiger partial charge in [-0.3, -0.25) is 4.90 Å². The molecule has 2 aromatic rings. The number of halogens is 1. The number of nitrogens with zero attached hydrogens (tertiary/aromatic N) is 5. The smallest absolute Gasteiger partial charge is 0.410 e. The van der Waals surface area contributed by atoms with Crippen molar-refractivity contribution < 1.29 is 9.53 Å². The predicted octanol–water partition coefficient (Wildman–Crippen LogP) is 3.89. The molecule has 1 amide bonds. The maximum Gasteiger partial charge on any atom is 0.410 e. The van der Waals surface area contributed by atoms with Gasteiger partial charge in [-0.25, -0.2) is 4.79 Å². The van der Waals surface area contributed by atoms with E-state index >= 15 is 0 Å². The molecule has 1 atom stereocenters. The van der Waals surface area contributed by atoms with Gasteiger partial charge in [-0.2, -0.15) is 0 Å². The Balaban J connectivity index is 1.82. The van der Waals surface area contributed by atoms with Crippen LogP contribution in [0.25, 0.3) is 5.69 Å². The first kappa shape index (κ1) is 17.8. The van der Waals surface area contributed by atoms with Crippen LogP contribution in [0.5, 0.6) is 0 Å². The van der Waals surface area contributed by atoms with Crippen molar-refractivity contribution in [2.45, 2.75) is 51.7 Å². The first-order valence-corrected chi connectivity index (χ1v) is 9.18. The minimum atomic E-state index is -0.527. The zero-order chi connectivity index (χ0) is 18.0. The second-order valence-electron chi connectivity index (χ2n) is 7.10. The van der Waals surface area contributed by atoms with E-state index in [1.165, 1.54) is 4.80 Å². The predicted molar refractivity (Wildman–Crippen MR) is 96.4 cm³/mol. The zero-order valence-corrected chi connectivity index (χ0v) is 16.2. The molecule has 1 aliphatic rings. The number of hydrogen-bond acceptors (Lipinski definition) is 5. The van der Waals surface area contributed by atoms with Crippen molar-refractivity contribution in [1.82, 2.24) is 25.1 Å². The quantitative estimate of drug-likeness (QED) is 0.754. The number of likely N-dealkylation sites (tertiary alicyclic amines) is 1. The Labute approximate surface area is 155 Å². The summed E-state index contributed by atoms with van der Waals surface area (Å²) in [6.45, 7) is 6.24. The van der Waals surface area contributed by atoms with Crippen LogP contribution in [0.4, 0.5) is 4.79 Å². The van der Waals surface area contributed by atoms with E-state index in [0.717, 1.165) is 29.4 Å². The Kier molecular flexibility index (Phi) is 5.08. The molecule has 0 N–H and O–H groups in total. The van der Waals surface area contributed by atoms with E-state index in [2.05, 4.69) is 31.3 Å². The van der Waals surface area contributed by atoms with Gasteiger partial charge in [-0.15, -0.1) is 15.0 Å². The first-order valence-electron chi connectivity index (χ1n) is 8.39. The highest BCUT2D eigenvalue weighted by molar-refractivity contribution is 9.10. The molecular formula is C17H22BrN5O2. The lowest BCUT2D eigenvalue weighted by molar-refractivity contribution is 0.00843. The SMILES string of the molecule is CC(C)(C)OC(=O)N1CCCC[C@@H]1c1nnn(-c2cccc(Br)c2)n1. The van der Waals surface area contributed by atoms with E-state index in [1.807, 2.05) is 45.0 Å². The standard InChI is InChI=1S/C17H22BrN5O2/c1-17(2,3)25-16(24)22-10-5-4-9-14(22)15-19-21-23(20-15)13-8-6-7-12(18)11-13/h6-8,11,14H,4-5,9-10H2,1-3H3/t14-/m1/s1. The number of hydrogen-bond donors (Lipinski definition) is 0. The molecule has 1 saturated heterocycles. The van der Waals surface area contributed by atoms with Gasteiger partial charge in [-0.1, -0.05) is 22.0 Å². The lowest BCUT2D eigenvalue weighted by Gasteiger charge is -2.35. The largest absolute Gasteiger partial charge is 0.444 e. The molecule has 0 unspecified atom stereocenters. The molecule has 7 nitrogen and oxygen atoms in total. The van der Waals surface area contributed by atoms with Gasteiger partial charge in [0, 0.05) is 11.0 Å². The number of amides is 1. The van der Waals surface area contributed by atoms with Crippen LogP contribution >= 0.6 is 15.9 Å². The maximum absolute atomic E-state index is 12.5. The number of benzene rings is 1. The van der Waals surface area contributed by atoms with Crippen molar-refractivity contribution in [3.05, 3.63) is 34.6 Å². The lowest BCUT2D eigenvalue weighted by Crippen LogP contribution is -2.42. The molecule has 0 spiro atoms. The van der Waals surface area contributed by atoms with Gasteiger partial charge < -0.3 is 4.74 Å². The highest BCUT2D eigenvalue weighted by Crippen LogP contribution is 2.30. The summed E-state index contributed by atoms with van der Waals surface area (Å²) in [7, 11) is 0. The van der Waals surface area contributed by atoms with Crippen LogP contribution in [0.3, 0.4) is 0 Å². The normalized spacial score (nSPS) is 18.2. The van der Waals surface area contributed by atoms with Crippen molar-refractivity contribution in [2.75, 3.05) is 6.54 Å². The fraction of sp³-hybridized carbons (Fsp3) is 0.529. The summed E-state index contributed by atoms with van der Waals surface area (Å²) >= 11 is 3.44. The molecular weight excluding hydrogens is 386 g/mol. The minimum absolute atomic E-state index is 0.204. The van der Waals surface area contributed by atoms with E-state index in [1.54, 1.807) is 4.90 Å². The Hall–Kier alpha value is -1.96. The van der Waals surface area contributed by atoms with E-state index < -0.39 is 5.60 Å². The van der Waals surface area contributed by atoms with Crippen LogP contribution in [0, 0.1) is 0 Å². The third kappa shape index (κ3) is 4.36. The summed E-state index contributed by atoms with van der Waals surface area (Å²) in [6, 6.07) is 7.47. The number of piperidine rings is 1. The molecule has 2 heterocycles. The second-order valence-corrected chi connectivity index (χ2v) is 8.02. The van der Waals surface area contributed by atoms with Crippen molar-refractivity contribution in [3.8, 4) is 5.69 Å². The van der Waals surface area contributed by atoms with Gasteiger partial charge in [0.1, 0.15) is 5.60 Å². The van der Waals surface area contributed by atoms with Crippen molar-refractivity contribution >= 4 is 22.0 Å². The fourth-order valence-corrected chi connectivity index (χ4v) is 3.19. The van der Waals surface area contributed by atoms with Gasteiger partial charge in [0.2, 0.25) is 0 Å². The Morgan fingerprint density at radius 2 is 2.12 bits per heavy atom. The van der Waals surface area contributed by atoms with E-state index in [9.17, 15) is 4.79 Å². The fourth-order valence-electron chi connectivity index (χ4n) is 2.81. The third-order valence-corrected chi connectivity index (χ3v) is 4.39. The summed E-state index contributed by atoms with van der Waals surface area (Å²) in [4.78, 5) is 15.7. The maximum atomic E-state index is 12.5. The molecule has 0 saturated carbocycles. The lowest BCUT2D eigenvalue weighted by atomic mass is 10.0. The van der Waals surface area contributed by atoms with Crippen molar-refractivity contribution in [2.24, 2.45) is 0 Å². The second kappa shape index (κ2) is 7.11. The molecule has 0 aliphatic carbocycles. The average Bonchev–Trinajstić information content (AvgIpc) is 3.03. The summed E-state index contributed by atoms with van der Waals surface area (Å²) < 4.78 is 6.48. The van der Waals surface area contributed by atoms with E-state index in [0.29, 0.717) is 12.4 Å². The van der Waals surface area contributed by atoms with Gasteiger partial charge in [0.25, 0.3) is 0 Å². The molecule has 1 aliphatic heterocycles. The van der Waals surface area contributed by atoms with Crippen molar-refractivity contribution in [3.63, 3.8) is 0 Å². The molecule has 8 heteroatoms. The van der Waals surface area contributed by atoms with Gasteiger partial charge in [0.05, 0.1) is 11.7 Å². The van der Waals surface area contributed by atoms with Crippen LogP contribution in [-0.4, -0.2) is 43.3 Å². The number of rotatable bonds is 2.